The highest BCUT2D eigenvalue weighted by atomic mass is 16.5. The molecule has 2 aliphatic heterocycles. The zero-order chi connectivity index (χ0) is 35.3. The molecule has 48 heavy (non-hydrogen) atoms. The number of carbonyl (C=O) groups excluding carboxylic acids is 3. The first kappa shape index (κ1) is 42.5. The van der Waals surface area contributed by atoms with E-state index in [1.54, 1.807) is 0 Å². The molecule has 0 aromatic carbocycles. The van der Waals surface area contributed by atoms with Crippen LogP contribution in [0.3, 0.4) is 0 Å². The molecule has 0 radical (unpaired) electrons. The normalized spacial score (nSPS) is 20.0. The quantitative estimate of drug-likeness (QED) is 0.0774. The van der Waals surface area contributed by atoms with Crippen LogP contribution in [-0.4, -0.2) is 115 Å². The van der Waals surface area contributed by atoms with Crippen LogP contribution >= 0.6 is 0 Å². The Bertz CT molecular complexity index is 838. The monoisotopic (exact) mass is 685 g/mol. The predicted octanol–water partition coefficient (Wildman–Crippen LogP) is 4.59. The van der Waals surface area contributed by atoms with Crippen LogP contribution in [0.5, 0.6) is 0 Å². The first-order valence-electron chi connectivity index (χ1n) is 19.5. The van der Waals surface area contributed by atoms with Crippen molar-refractivity contribution in [1.82, 2.24) is 10.9 Å². The van der Waals surface area contributed by atoms with Gasteiger partial charge in [-0.1, -0.05) is 66.2 Å². The van der Waals surface area contributed by atoms with Gasteiger partial charge >= 0.3 is 0 Å². The number of carbonyl (C=O) groups is 3. The van der Waals surface area contributed by atoms with E-state index in [9.17, 15) is 24.6 Å². The van der Waals surface area contributed by atoms with Gasteiger partial charge in [0, 0.05) is 13.2 Å². The summed E-state index contributed by atoms with van der Waals surface area (Å²) in [6, 6.07) is 0. The summed E-state index contributed by atoms with van der Waals surface area (Å²) in [5.74, 6) is -0.316. The van der Waals surface area contributed by atoms with Crippen LogP contribution < -0.4 is 10.9 Å². The number of ether oxygens (including phenoxy) is 2. The van der Waals surface area contributed by atoms with Gasteiger partial charge in [-0.25, -0.2) is 20.0 Å². The third-order valence-corrected chi connectivity index (χ3v) is 10.3. The summed E-state index contributed by atoms with van der Waals surface area (Å²) in [7, 11) is 0. The molecule has 2 rings (SSSR count). The number of hydrogen-bond donors (Lipinski definition) is 4. The molecule has 2 saturated heterocycles. The molecule has 0 aliphatic carbocycles. The molecule has 2 heterocycles. The largest absolute Gasteiger partial charge is 0.385 e. The summed E-state index contributed by atoms with van der Waals surface area (Å²) < 4.78 is 12.2. The lowest BCUT2D eigenvalue weighted by atomic mass is 10.0. The van der Waals surface area contributed by atoms with Crippen LogP contribution in [-0.2, 0) is 23.9 Å². The van der Waals surface area contributed by atoms with Gasteiger partial charge in [-0.05, 0) is 63.2 Å². The summed E-state index contributed by atoms with van der Waals surface area (Å²) in [4.78, 5) is 39.2. The highest BCUT2D eigenvalue weighted by Gasteiger charge is 2.37. The topological polar surface area (TPSA) is 134 Å². The van der Waals surface area contributed by atoms with Crippen molar-refractivity contribution in [1.29, 1.82) is 0 Å². The lowest BCUT2D eigenvalue weighted by Gasteiger charge is -2.41. The number of unbranched alkanes of at least 4 members (excludes halogenated alkanes) is 2. The van der Waals surface area contributed by atoms with Crippen LogP contribution in [0.4, 0.5) is 0 Å². The smallest absolute Gasteiger partial charge is 0.272 e. The average molecular weight is 685 g/mol. The summed E-state index contributed by atoms with van der Waals surface area (Å²) in [5, 5.41) is 21.7. The van der Waals surface area contributed by atoms with Gasteiger partial charge in [-0.3, -0.25) is 14.4 Å². The summed E-state index contributed by atoms with van der Waals surface area (Å²) in [6.07, 6.45) is 12.6. The van der Waals surface area contributed by atoms with Crippen LogP contribution in [0.1, 0.15) is 130 Å². The molecule has 2 amide bonds. The lowest BCUT2D eigenvalue weighted by molar-refractivity contribution is -0.967. The minimum Gasteiger partial charge on any atom is -0.385 e. The fourth-order valence-electron chi connectivity index (χ4n) is 7.39. The van der Waals surface area contributed by atoms with Gasteiger partial charge in [0.05, 0.1) is 26.1 Å². The van der Waals surface area contributed by atoms with E-state index in [-0.39, 0.29) is 35.2 Å². The minimum atomic E-state index is -0.729. The van der Waals surface area contributed by atoms with Gasteiger partial charge in [0.25, 0.3) is 11.8 Å². The Kier molecular flexibility index (Phi) is 21.0. The molecule has 11 nitrogen and oxygen atoms in total. The Morgan fingerprint density at radius 2 is 0.979 bits per heavy atom. The first-order chi connectivity index (χ1) is 23.1. The van der Waals surface area contributed by atoms with Crippen molar-refractivity contribution < 1.29 is 43.3 Å². The van der Waals surface area contributed by atoms with Crippen LogP contribution in [0, 0.1) is 11.8 Å². The fraction of sp³-hybridized carbons (Fsp3) is 0.919. The molecule has 4 unspecified atom stereocenters. The van der Waals surface area contributed by atoms with E-state index < -0.39 is 29.8 Å². The third-order valence-electron chi connectivity index (χ3n) is 10.3. The van der Waals surface area contributed by atoms with Gasteiger partial charge in [-0.15, -0.1) is 0 Å². The van der Waals surface area contributed by atoms with E-state index >= 15 is 0 Å². The predicted molar refractivity (Wildman–Crippen MR) is 188 cm³/mol. The molecule has 11 heteroatoms. The van der Waals surface area contributed by atoms with Crippen molar-refractivity contribution >= 4 is 17.6 Å². The number of nitrogens with one attached hydrogen (secondary N) is 2. The number of nitrogens with zero attached hydrogens (tertiary/aromatic N) is 2. The summed E-state index contributed by atoms with van der Waals surface area (Å²) in [6.45, 7) is 13.8. The second-order valence-corrected chi connectivity index (χ2v) is 14.8. The molecular formula is C37H72N4O7+2. The molecule has 0 aromatic rings. The zero-order valence-electron chi connectivity index (χ0n) is 31.0. The maximum Gasteiger partial charge on any atom is 0.272 e. The maximum absolute atomic E-state index is 13.1. The van der Waals surface area contributed by atoms with Crippen molar-refractivity contribution in [2.75, 3.05) is 65.7 Å². The van der Waals surface area contributed by atoms with E-state index in [1.165, 1.54) is 12.8 Å². The molecule has 2 aliphatic rings. The number of aliphatic hydroxyl groups excluding tert-OH is 2. The van der Waals surface area contributed by atoms with Crippen molar-refractivity contribution in [3.63, 3.8) is 0 Å². The van der Waals surface area contributed by atoms with Gasteiger partial charge in [0.2, 0.25) is 0 Å². The summed E-state index contributed by atoms with van der Waals surface area (Å²) in [5.41, 5.74) is 6.09. The van der Waals surface area contributed by atoms with Gasteiger partial charge in [0.1, 0.15) is 51.5 Å². The number of Topliss-reactive ketones (excluding diaryl/α,β-unsaturated/α-hetero) is 1. The molecular weight excluding hydrogens is 612 g/mol. The van der Waals surface area contributed by atoms with E-state index in [4.69, 9.17) is 9.47 Å². The third kappa shape index (κ3) is 16.9. The van der Waals surface area contributed by atoms with Crippen molar-refractivity contribution in [2.24, 2.45) is 11.8 Å². The second-order valence-electron chi connectivity index (χ2n) is 14.8. The van der Waals surface area contributed by atoms with Gasteiger partial charge in [-0.2, -0.15) is 0 Å². The standard InChI is InChI=1S/C37H70N4O7/c1-5-9-17-31(7-3)27-47-29-34(43)25-40(19-13-11-14-20-40)38-36(45)23-33(42)24-37(46)39-41(21-15-12-16-22-41)26-35(44)30-48-28-32(8-4)18-10-6-2/h31-32,34-35,43-44H,5-30H2,1-4H3/p+2. The molecule has 4 atom stereocenters. The number of aliphatic hydroxyl groups is 2. The summed E-state index contributed by atoms with van der Waals surface area (Å²) >= 11 is 0. The SMILES string of the molecule is CCCCC(CC)COCC(O)C[N+]1(NC(=O)CC(=O)CC(=O)N[N+]2(CC(O)COCC(CC)CCCC)CCCCC2)CCCCC1. The maximum atomic E-state index is 13.1. The molecule has 0 aromatic heterocycles. The van der Waals surface area contributed by atoms with Crippen LogP contribution in [0.2, 0.25) is 0 Å². The van der Waals surface area contributed by atoms with E-state index in [0.29, 0.717) is 64.3 Å². The molecule has 280 valence electrons. The number of hydrogen-bond acceptors (Lipinski definition) is 7. The number of piperidine rings is 2. The number of rotatable bonds is 26. The lowest BCUT2D eigenvalue weighted by Crippen LogP contribution is -2.65. The second kappa shape index (κ2) is 23.7. The first-order valence-corrected chi connectivity index (χ1v) is 19.5. The van der Waals surface area contributed by atoms with Crippen LogP contribution in [0.15, 0.2) is 0 Å². The van der Waals surface area contributed by atoms with Gasteiger partial charge < -0.3 is 19.7 Å². The van der Waals surface area contributed by atoms with Crippen LogP contribution in [0.25, 0.3) is 0 Å². The van der Waals surface area contributed by atoms with Crippen molar-refractivity contribution in [2.45, 2.75) is 143 Å². The molecule has 0 spiro atoms. The van der Waals surface area contributed by atoms with E-state index in [0.717, 1.165) is 77.0 Å². The van der Waals surface area contributed by atoms with E-state index in [2.05, 4.69) is 38.5 Å². The zero-order valence-corrected chi connectivity index (χ0v) is 31.0. The number of quaternary nitrogens is 2. The molecule has 0 bridgehead atoms. The number of ketones is 1. The Hall–Kier alpha value is -1.63. The Morgan fingerprint density at radius 3 is 1.31 bits per heavy atom. The Morgan fingerprint density at radius 1 is 0.604 bits per heavy atom. The molecule has 4 N–H and O–H groups in total. The molecule has 0 saturated carbocycles. The minimum absolute atomic E-state index is 0.219. The Balaban J connectivity index is 1.86. The fourth-order valence-corrected chi connectivity index (χ4v) is 7.39. The van der Waals surface area contributed by atoms with Crippen molar-refractivity contribution in [3.8, 4) is 0 Å². The van der Waals surface area contributed by atoms with E-state index in [1.807, 2.05) is 0 Å². The Labute approximate surface area is 291 Å². The highest BCUT2D eigenvalue weighted by molar-refractivity contribution is 6.05. The van der Waals surface area contributed by atoms with Gasteiger partial charge in [0.15, 0.2) is 5.78 Å². The molecule has 2 fully saturated rings. The van der Waals surface area contributed by atoms with Crippen molar-refractivity contribution in [3.05, 3.63) is 0 Å². The number of amides is 2. The average Bonchev–Trinajstić information content (AvgIpc) is 3.04. The highest BCUT2D eigenvalue weighted by Crippen LogP contribution is 2.20. The number of likely N-dealkylation sites (tertiary alicyclic amines) is 2.